The molecule has 0 saturated carbocycles. The molecule has 0 atom stereocenters. The topological polar surface area (TPSA) is 57.5 Å². The smallest absolute Gasteiger partial charge is 0.194 e. The first-order chi connectivity index (χ1) is 4.84. The van der Waals surface area contributed by atoms with Gasteiger partial charge >= 0.3 is 0 Å². The Morgan fingerprint density at radius 1 is 1.90 bits per heavy atom. The Bertz CT molecular complexity index is 261. The van der Waals surface area contributed by atoms with Gasteiger partial charge in [0.1, 0.15) is 6.33 Å². The summed E-state index contributed by atoms with van der Waals surface area (Å²) < 4.78 is 2.40. The normalized spacial score (nSPS) is 9.60. The molecule has 1 heterocycles. The molecule has 0 aliphatic heterocycles. The zero-order valence-electron chi connectivity index (χ0n) is 5.37. The summed E-state index contributed by atoms with van der Waals surface area (Å²) >= 11 is 4.87. The number of aryl methyl sites for hydroxylation is 1. The maximum atomic E-state index is 6.77. The van der Waals surface area contributed by atoms with E-state index in [9.17, 15) is 0 Å². The molecular weight excluding hydrogens is 148 g/mol. The van der Waals surface area contributed by atoms with Crippen LogP contribution in [0.3, 0.4) is 0 Å². The van der Waals surface area contributed by atoms with Crippen molar-refractivity contribution in [1.82, 2.24) is 14.8 Å². The Hall–Kier alpha value is -0.970. The van der Waals surface area contributed by atoms with Crippen LogP contribution in [0.4, 0.5) is 0 Å². The van der Waals surface area contributed by atoms with Crippen molar-refractivity contribution < 1.29 is 0 Å². The van der Waals surface area contributed by atoms with E-state index in [1.54, 1.807) is 10.9 Å². The van der Waals surface area contributed by atoms with Gasteiger partial charge < -0.3 is 9.98 Å². The van der Waals surface area contributed by atoms with E-state index >= 15 is 0 Å². The van der Waals surface area contributed by atoms with Crippen molar-refractivity contribution in [3.8, 4) is 0 Å². The Morgan fingerprint density at radius 2 is 2.70 bits per heavy atom. The predicted molar refractivity (Wildman–Crippen MR) is 40.8 cm³/mol. The van der Waals surface area contributed by atoms with Crippen LogP contribution in [0, 0.1) is 10.2 Å². The molecule has 1 aromatic rings. The molecule has 0 aromatic carbocycles. The van der Waals surface area contributed by atoms with Crippen LogP contribution in [0.25, 0.3) is 0 Å². The summed E-state index contributed by atoms with van der Waals surface area (Å²) in [5, 5.41) is 13.1. The first kappa shape index (κ1) is 7.14. The molecule has 0 fully saturated rings. The van der Waals surface area contributed by atoms with Gasteiger partial charge in [-0.1, -0.05) is 0 Å². The van der Waals surface area contributed by atoms with Crippen molar-refractivity contribution in [2.45, 2.75) is 13.0 Å². The van der Waals surface area contributed by atoms with Crippen LogP contribution in [0.15, 0.2) is 6.33 Å². The van der Waals surface area contributed by atoms with E-state index in [0.717, 1.165) is 6.54 Å². The molecule has 0 unspecified atom stereocenters. The van der Waals surface area contributed by atoms with Crippen molar-refractivity contribution in [2.24, 2.45) is 0 Å². The molecule has 54 valence electrons. The highest BCUT2D eigenvalue weighted by Crippen LogP contribution is 1.88. The van der Waals surface area contributed by atoms with E-state index in [-0.39, 0.29) is 0 Å². The minimum atomic E-state index is 0.613. The lowest BCUT2D eigenvalue weighted by Crippen LogP contribution is -1.95. The largest absolute Gasteiger partial charge is 0.313 e. The summed E-state index contributed by atoms with van der Waals surface area (Å²) in [7, 11) is 0. The average Bonchev–Trinajstić information content (AvgIpc) is 2.31. The monoisotopic (exact) mass is 156 g/mol. The average molecular weight is 156 g/mol. The summed E-state index contributed by atoms with van der Waals surface area (Å²) in [4.78, 5) is 0. The van der Waals surface area contributed by atoms with Crippen LogP contribution in [-0.4, -0.2) is 21.0 Å². The molecule has 1 rings (SSSR count). The lowest BCUT2D eigenvalue weighted by atomic mass is 10.5. The van der Waals surface area contributed by atoms with E-state index in [1.807, 2.05) is 0 Å². The van der Waals surface area contributed by atoms with Gasteiger partial charge in [0.05, 0.1) is 0 Å². The second-order valence-corrected chi connectivity index (χ2v) is 2.23. The van der Waals surface area contributed by atoms with Gasteiger partial charge in [-0.05, 0) is 18.4 Å². The van der Waals surface area contributed by atoms with Crippen LogP contribution in [0.1, 0.15) is 6.42 Å². The molecule has 4 nitrogen and oxygen atoms in total. The predicted octanol–water partition coefficient (Wildman–Crippen LogP) is 0.980. The van der Waals surface area contributed by atoms with Crippen molar-refractivity contribution in [3.05, 3.63) is 11.1 Å². The molecule has 0 bridgehead atoms. The summed E-state index contributed by atoms with van der Waals surface area (Å²) in [6.07, 6.45) is 3.69. The maximum Gasteiger partial charge on any atom is 0.194 e. The quantitative estimate of drug-likeness (QED) is 0.506. The van der Waals surface area contributed by atoms with E-state index < -0.39 is 0 Å². The van der Waals surface area contributed by atoms with Gasteiger partial charge in [0.25, 0.3) is 0 Å². The maximum absolute atomic E-state index is 6.77. The summed E-state index contributed by atoms with van der Waals surface area (Å²) in [6, 6.07) is 0. The highest BCUT2D eigenvalue weighted by atomic mass is 32.1. The Morgan fingerprint density at radius 3 is 3.20 bits per heavy atom. The summed E-state index contributed by atoms with van der Waals surface area (Å²) in [5.41, 5.74) is 0. The minimum Gasteiger partial charge on any atom is -0.313 e. The Kier molecular flexibility index (Phi) is 2.33. The number of nitrogens with one attached hydrogen (secondary N) is 2. The molecule has 0 aliphatic carbocycles. The van der Waals surface area contributed by atoms with Gasteiger partial charge in [0.2, 0.25) is 0 Å². The van der Waals surface area contributed by atoms with Crippen LogP contribution < -0.4 is 0 Å². The lowest BCUT2D eigenvalue weighted by Gasteiger charge is -1.93. The number of nitrogens with zero attached hydrogens (tertiary/aromatic N) is 2. The van der Waals surface area contributed by atoms with Gasteiger partial charge in [-0.2, -0.15) is 5.10 Å². The fourth-order valence-electron chi connectivity index (χ4n) is 0.633. The van der Waals surface area contributed by atoms with Crippen molar-refractivity contribution >= 4 is 18.4 Å². The second-order valence-electron chi connectivity index (χ2n) is 1.85. The summed E-state index contributed by atoms with van der Waals surface area (Å²) in [5.74, 6) is 0. The zero-order valence-corrected chi connectivity index (χ0v) is 6.19. The molecule has 10 heavy (non-hydrogen) atoms. The minimum absolute atomic E-state index is 0.613. The number of hydrogen-bond acceptors (Lipinski definition) is 3. The molecule has 0 spiro atoms. The van der Waals surface area contributed by atoms with Crippen LogP contribution in [-0.2, 0) is 6.54 Å². The number of aromatic nitrogens is 3. The van der Waals surface area contributed by atoms with Crippen LogP contribution in [0.2, 0.25) is 0 Å². The first-order valence-corrected chi connectivity index (χ1v) is 3.34. The summed E-state index contributed by atoms with van der Waals surface area (Å²) in [6.45, 7) is 0.735. The molecule has 2 N–H and O–H groups in total. The molecule has 0 saturated heterocycles. The lowest BCUT2D eigenvalue weighted by molar-refractivity contribution is 0.716. The van der Waals surface area contributed by atoms with Gasteiger partial charge in [0, 0.05) is 13.0 Å². The molecule has 0 aliphatic rings. The fourth-order valence-corrected chi connectivity index (χ4v) is 0.824. The Labute approximate surface area is 63.4 Å². The van der Waals surface area contributed by atoms with Gasteiger partial charge in [-0.3, -0.25) is 5.10 Å². The van der Waals surface area contributed by atoms with E-state index in [2.05, 4.69) is 10.2 Å². The molecule has 1 aromatic heterocycles. The number of rotatable bonds is 3. The van der Waals surface area contributed by atoms with Crippen molar-refractivity contribution in [3.63, 3.8) is 0 Å². The van der Waals surface area contributed by atoms with Crippen molar-refractivity contribution in [2.75, 3.05) is 0 Å². The zero-order chi connectivity index (χ0) is 7.40. The number of aromatic amines is 1. The third kappa shape index (κ3) is 1.51. The molecule has 0 radical (unpaired) electrons. The van der Waals surface area contributed by atoms with Gasteiger partial charge in [-0.15, -0.1) is 0 Å². The SMILES string of the molecule is N=CCCn1cn[nH]c1=S. The fraction of sp³-hybridized carbons (Fsp3) is 0.400. The van der Waals surface area contributed by atoms with Gasteiger partial charge in [-0.25, -0.2) is 0 Å². The van der Waals surface area contributed by atoms with E-state index in [0.29, 0.717) is 11.2 Å². The molecule has 5 heteroatoms. The number of hydrogen-bond donors (Lipinski definition) is 2. The second kappa shape index (κ2) is 3.26. The number of H-pyrrole nitrogens is 1. The van der Waals surface area contributed by atoms with E-state index in [1.165, 1.54) is 6.21 Å². The third-order valence-corrected chi connectivity index (χ3v) is 1.46. The highest BCUT2D eigenvalue weighted by Gasteiger charge is 1.89. The van der Waals surface area contributed by atoms with Crippen molar-refractivity contribution in [1.29, 1.82) is 5.41 Å². The van der Waals surface area contributed by atoms with Gasteiger partial charge in [0.15, 0.2) is 4.77 Å². The Balaban J connectivity index is 2.65. The highest BCUT2D eigenvalue weighted by molar-refractivity contribution is 7.71. The molecular formula is C5H8N4S. The van der Waals surface area contributed by atoms with Crippen LogP contribution in [0.5, 0.6) is 0 Å². The third-order valence-electron chi connectivity index (χ3n) is 1.13. The molecule has 0 amide bonds. The van der Waals surface area contributed by atoms with Crippen LogP contribution >= 0.6 is 12.2 Å². The van der Waals surface area contributed by atoms with E-state index in [4.69, 9.17) is 17.6 Å². The first-order valence-electron chi connectivity index (χ1n) is 2.93. The standard InChI is InChI=1S/C5H8N4S/c6-2-1-3-9-4-7-8-5(9)10/h2,4,6H,1,3H2,(H,8,10).